The molecule has 1 saturated heterocycles. The molecule has 0 N–H and O–H groups in total. The van der Waals surface area contributed by atoms with Gasteiger partial charge in [0.25, 0.3) is 0 Å². The number of hydrogen-bond acceptors (Lipinski definition) is 3. The van der Waals surface area contributed by atoms with Crippen LogP contribution in [0, 0.1) is 11.8 Å². The van der Waals surface area contributed by atoms with Crippen LogP contribution in [-0.4, -0.2) is 31.1 Å². The number of ether oxygens (including phenoxy) is 1. The Hall–Kier alpha value is -1.53. The summed E-state index contributed by atoms with van der Waals surface area (Å²) in [5.41, 5.74) is 0.659. The molecule has 0 radical (unpaired) electrons. The van der Waals surface area contributed by atoms with E-state index in [1.165, 1.54) is 11.6 Å². The fourth-order valence-electron chi connectivity index (χ4n) is 3.90. The Morgan fingerprint density at radius 3 is 2.79 bits per heavy atom. The summed E-state index contributed by atoms with van der Waals surface area (Å²) < 4.78 is 44.7. The topological polar surface area (TPSA) is 12.5 Å². The van der Waals surface area contributed by atoms with Gasteiger partial charge in [0.15, 0.2) is 0 Å². The predicted molar refractivity (Wildman–Crippen MR) is 108 cm³/mol. The average Bonchev–Trinajstić information content (AvgIpc) is 3.20. The van der Waals surface area contributed by atoms with Crippen LogP contribution >= 0.6 is 11.3 Å². The van der Waals surface area contributed by atoms with Gasteiger partial charge in [0.1, 0.15) is 5.75 Å². The highest BCUT2D eigenvalue weighted by atomic mass is 32.1. The van der Waals surface area contributed by atoms with Crippen LogP contribution in [0.3, 0.4) is 0 Å². The second-order valence-electron chi connectivity index (χ2n) is 7.82. The maximum absolute atomic E-state index is 13.0. The zero-order chi connectivity index (χ0) is 20.1. The molecule has 1 aromatic carbocycles. The normalized spacial score (nSPS) is 22.2. The number of benzene rings is 1. The second kappa shape index (κ2) is 9.31. The van der Waals surface area contributed by atoms with Crippen LogP contribution in [0.2, 0.25) is 0 Å². The fourth-order valence-corrected chi connectivity index (χ4v) is 4.63. The Morgan fingerprint density at radius 2 is 2.11 bits per heavy atom. The Bertz CT molecular complexity index is 732. The molecule has 28 heavy (non-hydrogen) atoms. The summed E-state index contributed by atoms with van der Waals surface area (Å²) in [5, 5.41) is 4.28. The van der Waals surface area contributed by atoms with Gasteiger partial charge in [-0.25, -0.2) is 0 Å². The molecule has 1 aromatic heterocycles. The molecule has 2 heterocycles. The molecule has 0 saturated carbocycles. The van der Waals surface area contributed by atoms with Crippen molar-refractivity contribution in [2.75, 3.05) is 26.2 Å². The number of halogens is 3. The van der Waals surface area contributed by atoms with Gasteiger partial charge in [-0.3, -0.25) is 0 Å². The predicted octanol–water partition coefficient (Wildman–Crippen LogP) is 6.30. The molecular formula is C22H28F3NOS. The van der Waals surface area contributed by atoms with Gasteiger partial charge in [0.2, 0.25) is 0 Å². The quantitative estimate of drug-likeness (QED) is 0.530. The van der Waals surface area contributed by atoms with Crippen molar-refractivity contribution in [3.63, 3.8) is 0 Å². The maximum atomic E-state index is 13.0. The van der Waals surface area contributed by atoms with E-state index in [1.807, 2.05) is 0 Å². The highest BCUT2D eigenvalue weighted by molar-refractivity contribution is 7.07. The molecule has 1 fully saturated rings. The Kier molecular flexibility index (Phi) is 7.05. The SMILES string of the molecule is CCC(C)CN1CCC(c2ccsc2)C(COc2cccc(C(F)(F)F)c2)C1. The average molecular weight is 412 g/mol. The first-order valence-electron chi connectivity index (χ1n) is 9.91. The largest absolute Gasteiger partial charge is 0.493 e. The Morgan fingerprint density at radius 1 is 1.29 bits per heavy atom. The van der Waals surface area contributed by atoms with E-state index in [-0.39, 0.29) is 11.7 Å². The fraction of sp³-hybridized carbons (Fsp3) is 0.545. The van der Waals surface area contributed by atoms with Crippen molar-refractivity contribution in [3.8, 4) is 5.75 Å². The molecule has 0 spiro atoms. The summed E-state index contributed by atoms with van der Waals surface area (Å²) in [6.45, 7) is 7.94. The molecule has 2 aromatic rings. The van der Waals surface area contributed by atoms with Gasteiger partial charge in [-0.2, -0.15) is 24.5 Å². The van der Waals surface area contributed by atoms with Crippen LogP contribution in [0.5, 0.6) is 5.75 Å². The van der Waals surface area contributed by atoms with Gasteiger partial charge in [-0.1, -0.05) is 26.3 Å². The molecule has 1 aliphatic rings. The molecular weight excluding hydrogens is 383 g/mol. The molecule has 154 valence electrons. The van der Waals surface area contributed by atoms with Gasteiger partial charge in [-0.05, 0) is 65.4 Å². The van der Waals surface area contributed by atoms with Crippen LogP contribution in [0.25, 0.3) is 0 Å². The first-order valence-corrected chi connectivity index (χ1v) is 10.9. The van der Waals surface area contributed by atoms with Crippen molar-refractivity contribution < 1.29 is 17.9 Å². The van der Waals surface area contributed by atoms with Crippen molar-refractivity contribution in [1.82, 2.24) is 4.90 Å². The van der Waals surface area contributed by atoms with Crippen molar-refractivity contribution in [2.24, 2.45) is 11.8 Å². The highest BCUT2D eigenvalue weighted by Gasteiger charge is 2.33. The minimum Gasteiger partial charge on any atom is -0.493 e. The van der Waals surface area contributed by atoms with E-state index in [9.17, 15) is 13.2 Å². The highest BCUT2D eigenvalue weighted by Crippen LogP contribution is 2.36. The van der Waals surface area contributed by atoms with E-state index in [1.54, 1.807) is 17.4 Å². The minimum absolute atomic E-state index is 0.266. The van der Waals surface area contributed by atoms with Crippen LogP contribution in [0.15, 0.2) is 41.1 Å². The smallest absolute Gasteiger partial charge is 0.416 e. The molecule has 2 nitrogen and oxygen atoms in total. The molecule has 3 rings (SSSR count). The number of likely N-dealkylation sites (tertiary alicyclic amines) is 1. The Balaban J connectivity index is 1.69. The van der Waals surface area contributed by atoms with Gasteiger partial charge in [-0.15, -0.1) is 0 Å². The van der Waals surface area contributed by atoms with Crippen molar-refractivity contribution in [1.29, 1.82) is 0 Å². The molecule has 1 aliphatic heterocycles. The summed E-state index contributed by atoms with van der Waals surface area (Å²) in [4.78, 5) is 2.48. The number of thiophene rings is 1. The minimum atomic E-state index is -4.35. The summed E-state index contributed by atoms with van der Waals surface area (Å²) in [5.74, 6) is 1.59. The molecule has 6 heteroatoms. The first-order chi connectivity index (χ1) is 13.4. The second-order valence-corrected chi connectivity index (χ2v) is 8.60. The van der Waals surface area contributed by atoms with Gasteiger partial charge in [0.05, 0.1) is 12.2 Å². The van der Waals surface area contributed by atoms with Gasteiger partial charge in [0, 0.05) is 19.0 Å². The molecule has 0 aliphatic carbocycles. The third-order valence-corrected chi connectivity index (χ3v) is 6.38. The van der Waals surface area contributed by atoms with E-state index in [2.05, 4.69) is 35.6 Å². The number of rotatable bonds is 7. The van der Waals surface area contributed by atoms with Gasteiger partial charge < -0.3 is 9.64 Å². The van der Waals surface area contributed by atoms with E-state index < -0.39 is 11.7 Å². The van der Waals surface area contributed by atoms with Crippen LogP contribution < -0.4 is 4.74 Å². The molecule has 3 atom stereocenters. The number of piperidine rings is 1. The summed E-state index contributed by atoms with van der Waals surface area (Å²) in [6, 6.07) is 7.35. The lowest BCUT2D eigenvalue weighted by molar-refractivity contribution is -0.137. The van der Waals surface area contributed by atoms with Crippen LogP contribution in [-0.2, 0) is 6.18 Å². The maximum Gasteiger partial charge on any atom is 0.416 e. The van der Waals surface area contributed by atoms with Crippen molar-refractivity contribution in [3.05, 3.63) is 52.2 Å². The third kappa shape index (κ3) is 5.51. The van der Waals surface area contributed by atoms with Crippen molar-refractivity contribution in [2.45, 2.75) is 38.8 Å². The zero-order valence-corrected chi connectivity index (χ0v) is 17.2. The number of nitrogens with zero attached hydrogens (tertiary/aromatic N) is 1. The molecule has 3 unspecified atom stereocenters. The number of alkyl halides is 3. The van der Waals surface area contributed by atoms with Crippen LogP contribution in [0.1, 0.15) is 43.7 Å². The molecule has 0 amide bonds. The van der Waals surface area contributed by atoms with E-state index >= 15 is 0 Å². The van der Waals surface area contributed by atoms with E-state index in [0.29, 0.717) is 18.4 Å². The standard InChI is InChI=1S/C22H28F3NOS/c1-3-16(2)12-26-9-7-21(17-8-10-28-15-17)18(13-26)14-27-20-6-4-5-19(11-20)22(23,24)25/h4-6,8,10-11,15-16,18,21H,3,7,9,12-14H2,1-2H3. The summed E-state index contributed by atoms with van der Waals surface area (Å²) >= 11 is 1.69. The lowest BCUT2D eigenvalue weighted by Crippen LogP contribution is -2.43. The van der Waals surface area contributed by atoms with E-state index in [4.69, 9.17) is 4.74 Å². The van der Waals surface area contributed by atoms with Crippen molar-refractivity contribution >= 4 is 11.3 Å². The summed E-state index contributed by atoms with van der Waals surface area (Å²) in [6.07, 6.45) is -2.14. The Labute approximate surface area is 169 Å². The molecule has 0 bridgehead atoms. The van der Waals surface area contributed by atoms with Crippen LogP contribution in [0.4, 0.5) is 13.2 Å². The lowest BCUT2D eigenvalue weighted by Gasteiger charge is -2.39. The zero-order valence-electron chi connectivity index (χ0n) is 16.4. The number of hydrogen-bond donors (Lipinski definition) is 0. The van der Waals surface area contributed by atoms with Gasteiger partial charge >= 0.3 is 6.18 Å². The monoisotopic (exact) mass is 411 g/mol. The third-order valence-electron chi connectivity index (χ3n) is 5.68. The van der Waals surface area contributed by atoms with E-state index in [0.717, 1.165) is 44.6 Å². The lowest BCUT2D eigenvalue weighted by atomic mass is 9.81. The summed E-state index contributed by atoms with van der Waals surface area (Å²) in [7, 11) is 0. The first kappa shape index (κ1) is 21.2.